The monoisotopic (exact) mass is 290 g/mol. The molecule has 0 aromatic heterocycles. The summed E-state index contributed by atoms with van der Waals surface area (Å²) >= 11 is 0. The van der Waals surface area contributed by atoms with E-state index in [4.69, 9.17) is 4.55 Å². The Balaban J connectivity index is 0.00000180. The van der Waals surface area contributed by atoms with Gasteiger partial charge in [-0.1, -0.05) is 24.3 Å². The summed E-state index contributed by atoms with van der Waals surface area (Å²) in [4.78, 5) is 0. The molecule has 0 atom stereocenters. The fourth-order valence-corrected chi connectivity index (χ4v) is 2.51. The molecule has 0 amide bonds. The maximum Gasteiger partial charge on any atom is 1.00 e. The molecule has 0 fully saturated rings. The van der Waals surface area contributed by atoms with Crippen LogP contribution in [0.5, 0.6) is 5.75 Å². The minimum atomic E-state index is -3.89. The normalized spacial score (nSPS) is 11.2. The largest absolute Gasteiger partial charge is 1.00 e. The van der Waals surface area contributed by atoms with Crippen molar-refractivity contribution >= 4 is 20.9 Å². The van der Waals surface area contributed by atoms with Gasteiger partial charge in [-0.05, 0) is 41.3 Å². The van der Waals surface area contributed by atoms with Crippen molar-refractivity contribution in [3.8, 4) is 5.75 Å². The Kier molecular flexibility index (Phi) is 5.82. The van der Waals surface area contributed by atoms with E-state index in [1.807, 2.05) is 24.3 Å². The predicted molar refractivity (Wildman–Crippen MR) is 71.5 cm³/mol. The van der Waals surface area contributed by atoms with E-state index < -0.39 is 10.1 Å². The average Bonchev–Trinajstić information content (AvgIpc) is 2.27. The molecule has 0 aliphatic rings. The first kappa shape index (κ1) is 16.5. The molecule has 98 valence electrons. The molecule has 0 unspecified atom stereocenters. The first-order chi connectivity index (χ1) is 8.46. The number of phenols is 1. The van der Waals surface area contributed by atoms with Gasteiger partial charge in [0.05, 0.1) is 5.75 Å². The first-order valence-corrected chi connectivity index (χ1v) is 7.22. The first-order valence-electron chi connectivity index (χ1n) is 5.61. The van der Waals surface area contributed by atoms with Gasteiger partial charge in [0.1, 0.15) is 5.75 Å². The van der Waals surface area contributed by atoms with Crippen LogP contribution < -0.4 is 29.6 Å². The van der Waals surface area contributed by atoms with Gasteiger partial charge in [0.15, 0.2) is 0 Å². The summed E-state index contributed by atoms with van der Waals surface area (Å²) in [6.07, 6.45) is 0.945. The minimum absolute atomic E-state index is 0. The summed E-state index contributed by atoms with van der Waals surface area (Å²) in [5.74, 6) is -0.0286. The number of rotatable bonds is 4. The van der Waals surface area contributed by atoms with Crippen molar-refractivity contribution in [2.24, 2.45) is 0 Å². The van der Waals surface area contributed by atoms with E-state index in [1.165, 1.54) is 0 Å². The molecule has 4 nitrogen and oxygen atoms in total. The van der Waals surface area contributed by atoms with Gasteiger partial charge in [0, 0.05) is 0 Å². The Morgan fingerprint density at radius 1 is 1.16 bits per heavy atom. The van der Waals surface area contributed by atoms with Crippen LogP contribution in [0.4, 0.5) is 0 Å². The molecule has 2 N–H and O–H groups in total. The van der Waals surface area contributed by atoms with Crippen molar-refractivity contribution in [3.63, 3.8) is 0 Å². The molecule has 0 bridgehead atoms. The number of hydrogen-bond acceptors (Lipinski definition) is 3. The quantitative estimate of drug-likeness (QED) is 0.587. The van der Waals surface area contributed by atoms with Crippen molar-refractivity contribution in [2.45, 2.75) is 12.8 Å². The number of aromatic hydroxyl groups is 1. The molecule has 0 spiro atoms. The van der Waals surface area contributed by atoms with Crippen LogP contribution in [0.1, 0.15) is 13.4 Å². The van der Waals surface area contributed by atoms with Gasteiger partial charge in [-0.3, -0.25) is 4.55 Å². The molecule has 0 radical (unpaired) electrons. The average molecular weight is 290 g/mol. The Hall–Kier alpha value is -0.590. The van der Waals surface area contributed by atoms with Crippen molar-refractivity contribution in [1.82, 2.24) is 0 Å². The maximum absolute atomic E-state index is 10.7. The fraction of sp³-hybridized carbons (Fsp3) is 0.231. The SMILES string of the molecule is O=S(=O)(O)CCCc1cccc2cc(O)ccc12.[H-].[Na+]. The van der Waals surface area contributed by atoms with Crippen LogP contribution in [-0.2, 0) is 16.5 Å². The second-order valence-corrected chi connectivity index (χ2v) is 5.78. The van der Waals surface area contributed by atoms with Crippen molar-refractivity contribution in [1.29, 1.82) is 0 Å². The number of benzene rings is 2. The zero-order valence-electron chi connectivity index (χ0n) is 11.7. The Morgan fingerprint density at radius 3 is 2.58 bits per heavy atom. The summed E-state index contributed by atoms with van der Waals surface area (Å²) in [7, 11) is -3.89. The van der Waals surface area contributed by atoms with E-state index in [-0.39, 0.29) is 42.5 Å². The molecular formula is C13H15NaO4S. The third-order valence-corrected chi connectivity index (χ3v) is 3.61. The molecule has 19 heavy (non-hydrogen) atoms. The molecule has 2 rings (SSSR count). The second-order valence-electron chi connectivity index (χ2n) is 4.21. The van der Waals surface area contributed by atoms with Gasteiger partial charge in [-0.25, -0.2) is 0 Å². The van der Waals surface area contributed by atoms with Crippen molar-refractivity contribution < 1.29 is 49.1 Å². The van der Waals surface area contributed by atoms with E-state index in [0.29, 0.717) is 12.8 Å². The summed E-state index contributed by atoms with van der Waals surface area (Å²) in [5.41, 5.74) is 1.01. The van der Waals surface area contributed by atoms with Gasteiger partial charge in [0.25, 0.3) is 10.1 Å². The fourth-order valence-electron chi connectivity index (χ4n) is 2.00. The molecule has 2 aromatic rings. The van der Waals surface area contributed by atoms with Gasteiger partial charge in [0.2, 0.25) is 0 Å². The number of fused-ring (bicyclic) bond motifs is 1. The van der Waals surface area contributed by atoms with Crippen LogP contribution in [0.2, 0.25) is 0 Å². The zero-order valence-corrected chi connectivity index (χ0v) is 13.5. The van der Waals surface area contributed by atoms with Crippen LogP contribution >= 0.6 is 0 Å². The molecule has 6 heteroatoms. The van der Waals surface area contributed by atoms with Crippen LogP contribution in [0.25, 0.3) is 10.8 Å². The molecule has 0 saturated carbocycles. The van der Waals surface area contributed by atoms with Gasteiger partial charge >= 0.3 is 29.6 Å². The summed E-state index contributed by atoms with van der Waals surface area (Å²) < 4.78 is 30.0. The Morgan fingerprint density at radius 2 is 1.89 bits per heavy atom. The van der Waals surface area contributed by atoms with E-state index in [9.17, 15) is 13.5 Å². The molecule has 0 heterocycles. The summed E-state index contributed by atoms with van der Waals surface area (Å²) in [6, 6.07) is 10.8. The van der Waals surface area contributed by atoms with Crippen LogP contribution in [0.15, 0.2) is 36.4 Å². The minimum Gasteiger partial charge on any atom is -1.00 e. The molecular weight excluding hydrogens is 275 g/mol. The Labute approximate surface area is 136 Å². The van der Waals surface area contributed by atoms with Gasteiger partial charge in [-0.15, -0.1) is 0 Å². The molecule has 0 aliphatic carbocycles. The third kappa shape index (κ3) is 4.78. The predicted octanol–water partition coefficient (Wildman–Crippen LogP) is -0.518. The second kappa shape index (κ2) is 6.72. The third-order valence-electron chi connectivity index (χ3n) is 2.80. The number of phenolic OH excluding ortho intramolecular Hbond substituents is 1. The smallest absolute Gasteiger partial charge is 1.00 e. The maximum atomic E-state index is 10.7. The van der Waals surface area contributed by atoms with E-state index in [0.717, 1.165) is 16.3 Å². The zero-order chi connectivity index (χ0) is 13.2. The van der Waals surface area contributed by atoms with Crippen LogP contribution in [-0.4, -0.2) is 23.8 Å². The number of aryl methyl sites for hydroxylation is 1. The summed E-state index contributed by atoms with van der Waals surface area (Å²) in [6.45, 7) is 0. The summed E-state index contributed by atoms with van der Waals surface area (Å²) in [5, 5.41) is 11.3. The molecule has 0 aliphatic heterocycles. The number of hydrogen-bond donors (Lipinski definition) is 2. The topological polar surface area (TPSA) is 74.6 Å². The van der Waals surface area contributed by atoms with Crippen molar-refractivity contribution in [2.75, 3.05) is 5.75 Å². The van der Waals surface area contributed by atoms with Gasteiger partial charge in [-0.2, -0.15) is 8.42 Å². The Bertz CT molecular complexity index is 673. The molecule has 2 aromatic carbocycles. The van der Waals surface area contributed by atoms with Crippen molar-refractivity contribution in [3.05, 3.63) is 42.0 Å². The molecule has 0 saturated heterocycles. The van der Waals surface area contributed by atoms with E-state index in [1.54, 1.807) is 12.1 Å². The van der Waals surface area contributed by atoms with Crippen LogP contribution in [0.3, 0.4) is 0 Å². The van der Waals surface area contributed by atoms with E-state index >= 15 is 0 Å². The van der Waals surface area contributed by atoms with Gasteiger partial charge < -0.3 is 6.53 Å². The van der Waals surface area contributed by atoms with E-state index in [2.05, 4.69) is 0 Å². The van der Waals surface area contributed by atoms with Crippen LogP contribution in [0, 0.1) is 0 Å². The standard InChI is InChI=1S/C13H14O4S.Na.H/c14-12-6-7-13-10(3-1-4-11(13)9-12)5-2-8-18(15,16)17;;/h1,3-4,6-7,9,14H,2,5,8H2,(H,15,16,17);;/q;+1;-1.